The molecule has 0 bridgehead atoms. The lowest BCUT2D eigenvalue weighted by molar-refractivity contribution is 0.282. The SMILES string of the molecule is CC1=NN(C)c2cc3cnc(Nc4ccc(SN)cc4F)nc3n2C12CCCCC2. The summed E-state index contributed by atoms with van der Waals surface area (Å²) in [6, 6.07) is 6.90. The van der Waals surface area contributed by atoms with Crippen LogP contribution in [0.4, 0.5) is 21.8 Å². The molecule has 0 atom stereocenters. The number of nitrogens with two attached hydrogens (primary N) is 1. The number of anilines is 3. The molecule has 1 spiro atoms. The van der Waals surface area contributed by atoms with Gasteiger partial charge in [0.2, 0.25) is 5.95 Å². The van der Waals surface area contributed by atoms with Gasteiger partial charge in [-0.25, -0.2) is 9.37 Å². The van der Waals surface area contributed by atoms with Crippen molar-refractivity contribution in [2.24, 2.45) is 10.2 Å². The number of aromatic nitrogens is 3. The average Bonchev–Trinajstić information content (AvgIpc) is 3.15. The molecule has 0 radical (unpaired) electrons. The monoisotopic (exact) mass is 425 g/mol. The maximum atomic E-state index is 14.4. The highest BCUT2D eigenvalue weighted by molar-refractivity contribution is 7.97. The number of nitrogens with one attached hydrogen (secondary N) is 1. The summed E-state index contributed by atoms with van der Waals surface area (Å²) >= 11 is 1.01. The van der Waals surface area contributed by atoms with E-state index in [1.807, 2.05) is 12.1 Å². The van der Waals surface area contributed by atoms with Crippen molar-refractivity contribution in [1.29, 1.82) is 0 Å². The van der Waals surface area contributed by atoms with Gasteiger partial charge in [-0.1, -0.05) is 19.3 Å². The topological polar surface area (TPSA) is 84.4 Å². The van der Waals surface area contributed by atoms with Crippen molar-refractivity contribution in [3.8, 4) is 0 Å². The van der Waals surface area contributed by atoms with E-state index in [1.54, 1.807) is 18.3 Å². The zero-order valence-corrected chi connectivity index (χ0v) is 17.8. The lowest BCUT2D eigenvalue weighted by atomic mass is 9.78. The van der Waals surface area contributed by atoms with Gasteiger partial charge < -0.3 is 5.32 Å². The van der Waals surface area contributed by atoms with E-state index in [1.165, 1.54) is 25.3 Å². The minimum absolute atomic E-state index is 0.154. The molecule has 0 unspecified atom stereocenters. The molecule has 5 rings (SSSR count). The van der Waals surface area contributed by atoms with Gasteiger partial charge in [0.1, 0.15) is 17.3 Å². The lowest BCUT2D eigenvalue weighted by Crippen LogP contribution is -2.47. The first-order valence-corrected chi connectivity index (χ1v) is 11.0. The van der Waals surface area contributed by atoms with Crippen LogP contribution in [0, 0.1) is 5.82 Å². The number of fused-ring (bicyclic) bond motifs is 4. The molecule has 1 aliphatic heterocycles. The van der Waals surface area contributed by atoms with Crippen LogP contribution in [0.3, 0.4) is 0 Å². The van der Waals surface area contributed by atoms with Gasteiger partial charge >= 0.3 is 0 Å². The van der Waals surface area contributed by atoms with E-state index >= 15 is 0 Å². The molecule has 1 aliphatic carbocycles. The minimum Gasteiger partial charge on any atom is -0.322 e. The first-order valence-electron chi connectivity index (χ1n) is 10.1. The second-order valence-corrected chi connectivity index (χ2v) is 8.70. The highest BCUT2D eigenvalue weighted by Gasteiger charge is 2.43. The molecule has 1 fully saturated rings. The Balaban J connectivity index is 1.61. The molecule has 0 amide bonds. The van der Waals surface area contributed by atoms with Crippen LogP contribution in [-0.2, 0) is 5.54 Å². The van der Waals surface area contributed by atoms with Crippen LogP contribution in [-0.4, -0.2) is 27.3 Å². The van der Waals surface area contributed by atoms with Crippen LogP contribution in [0.1, 0.15) is 39.0 Å². The Kier molecular flexibility index (Phi) is 4.67. The third-order valence-corrected chi connectivity index (χ3v) is 6.78. The summed E-state index contributed by atoms with van der Waals surface area (Å²) in [6.45, 7) is 2.11. The third kappa shape index (κ3) is 2.95. The molecule has 3 heterocycles. The van der Waals surface area contributed by atoms with Gasteiger partial charge in [0, 0.05) is 23.5 Å². The van der Waals surface area contributed by atoms with Crippen molar-refractivity contribution < 1.29 is 4.39 Å². The van der Waals surface area contributed by atoms with Crippen LogP contribution in [0.25, 0.3) is 11.0 Å². The zero-order chi connectivity index (χ0) is 20.9. The predicted octanol–water partition coefficient (Wildman–Crippen LogP) is 4.76. The minimum atomic E-state index is -0.391. The highest BCUT2D eigenvalue weighted by atomic mass is 32.2. The van der Waals surface area contributed by atoms with E-state index in [-0.39, 0.29) is 5.54 Å². The molecule has 1 aromatic carbocycles. The molecule has 3 aromatic rings. The van der Waals surface area contributed by atoms with Crippen molar-refractivity contribution in [3.05, 3.63) is 36.3 Å². The molecule has 156 valence electrons. The van der Waals surface area contributed by atoms with Gasteiger partial charge in [0.05, 0.1) is 16.9 Å². The molecule has 9 heteroatoms. The summed E-state index contributed by atoms with van der Waals surface area (Å²) in [7, 11) is 1.96. The highest BCUT2D eigenvalue weighted by Crippen LogP contribution is 2.44. The summed E-state index contributed by atoms with van der Waals surface area (Å²) in [5.74, 6) is 0.987. The van der Waals surface area contributed by atoms with Crippen molar-refractivity contribution in [2.45, 2.75) is 49.5 Å². The van der Waals surface area contributed by atoms with Crippen LogP contribution in [0.2, 0.25) is 0 Å². The van der Waals surface area contributed by atoms with Gasteiger partial charge in [-0.3, -0.25) is 14.7 Å². The number of benzene rings is 1. The largest absolute Gasteiger partial charge is 0.322 e. The summed E-state index contributed by atoms with van der Waals surface area (Å²) in [5, 5.41) is 16.2. The normalized spacial score (nSPS) is 17.9. The molecule has 0 saturated heterocycles. The molecule has 2 aliphatic rings. The average molecular weight is 426 g/mol. The summed E-state index contributed by atoms with van der Waals surface area (Å²) < 4.78 is 16.7. The van der Waals surface area contributed by atoms with Crippen LogP contribution in [0.15, 0.2) is 40.5 Å². The maximum absolute atomic E-state index is 14.4. The third-order valence-electron chi connectivity index (χ3n) is 6.26. The zero-order valence-electron chi connectivity index (χ0n) is 17.0. The Morgan fingerprint density at radius 1 is 1.20 bits per heavy atom. The van der Waals surface area contributed by atoms with Crippen LogP contribution >= 0.6 is 11.9 Å². The predicted molar refractivity (Wildman–Crippen MR) is 120 cm³/mol. The molecular formula is C21H24FN7S. The maximum Gasteiger partial charge on any atom is 0.229 e. The first-order chi connectivity index (χ1) is 14.5. The molecule has 2 aromatic heterocycles. The Hall–Kier alpha value is -2.65. The lowest BCUT2D eigenvalue weighted by Gasteiger charge is -2.44. The Bertz CT molecular complexity index is 1150. The van der Waals surface area contributed by atoms with Crippen molar-refractivity contribution in [1.82, 2.24) is 14.5 Å². The van der Waals surface area contributed by atoms with Gasteiger partial charge in [0.25, 0.3) is 0 Å². The second-order valence-electron chi connectivity index (χ2n) is 8.00. The molecule has 3 N–H and O–H groups in total. The Labute approximate surface area is 178 Å². The first kappa shape index (κ1) is 19.3. The van der Waals surface area contributed by atoms with E-state index in [9.17, 15) is 4.39 Å². The Morgan fingerprint density at radius 3 is 2.73 bits per heavy atom. The fraction of sp³-hybridized carbons (Fsp3) is 0.381. The quantitative estimate of drug-likeness (QED) is 0.589. The Morgan fingerprint density at radius 2 is 2.00 bits per heavy atom. The number of rotatable bonds is 3. The second kappa shape index (κ2) is 7.24. The number of nitrogens with zero attached hydrogens (tertiary/aromatic N) is 5. The van der Waals surface area contributed by atoms with Crippen LogP contribution in [0.5, 0.6) is 0 Å². The molecule has 1 saturated carbocycles. The standard InChI is InChI=1S/C21H24FN7S/c1-13-21(8-4-3-5-9-21)29-18(28(2)27-13)10-14-12-24-20(26-19(14)29)25-17-7-6-15(30-23)11-16(17)22/h6-7,10-12H,3-5,8-9,23H2,1-2H3,(H,24,25,26). The van der Waals surface area contributed by atoms with Crippen molar-refractivity contribution >= 4 is 46.1 Å². The van der Waals surface area contributed by atoms with Gasteiger partial charge in [0.15, 0.2) is 0 Å². The number of hydrogen-bond donors (Lipinski definition) is 2. The fourth-order valence-corrected chi connectivity index (χ4v) is 5.06. The van der Waals surface area contributed by atoms with Crippen molar-refractivity contribution in [3.63, 3.8) is 0 Å². The fourth-order valence-electron chi connectivity index (χ4n) is 4.74. The van der Waals surface area contributed by atoms with E-state index in [2.05, 4.69) is 27.9 Å². The molecule has 7 nitrogen and oxygen atoms in total. The smallest absolute Gasteiger partial charge is 0.229 e. The van der Waals surface area contributed by atoms with E-state index in [4.69, 9.17) is 15.2 Å². The van der Waals surface area contributed by atoms with E-state index in [0.717, 1.165) is 47.4 Å². The van der Waals surface area contributed by atoms with Crippen LogP contribution < -0.4 is 15.5 Å². The summed E-state index contributed by atoms with van der Waals surface area (Å²) in [4.78, 5) is 9.89. The number of hydrogen-bond acceptors (Lipinski definition) is 7. The van der Waals surface area contributed by atoms with Gasteiger partial charge in [-0.15, -0.1) is 0 Å². The van der Waals surface area contributed by atoms with E-state index < -0.39 is 5.82 Å². The number of halogens is 1. The molecule has 30 heavy (non-hydrogen) atoms. The van der Waals surface area contributed by atoms with Gasteiger partial charge in [-0.2, -0.15) is 10.1 Å². The van der Waals surface area contributed by atoms with E-state index in [0.29, 0.717) is 16.5 Å². The molecular weight excluding hydrogens is 401 g/mol. The van der Waals surface area contributed by atoms with Gasteiger partial charge in [-0.05, 0) is 56.0 Å². The summed E-state index contributed by atoms with van der Waals surface area (Å²) in [5.41, 5.74) is 2.13. The number of hydrazone groups is 1. The van der Waals surface area contributed by atoms with Crippen molar-refractivity contribution in [2.75, 3.05) is 17.4 Å². The summed E-state index contributed by atoms with van der Waals surface area (Å²) in [6.07, 6.45) is 7.47.